The molecule has 0 saturated carbocycles. The Morgan fingerprint density at radius 2 is 1.67 bits per heavy atom. The number of piperazine rings is 1. The van der Waals surface area contributed by atoms with E-state index in [2.05, 4.69) is 11.8 Å². The zero-order chi connectivity index (χ0) is 16.9. The number of carbonyl (C=O) groups excluding carboxylic acids is 2. The van der Waals surface area contributed by atoms with Gasteiger partial charge in [0.25, 0.3) is 0 Å². The minimum Gasteiger partial charge on any atom is -0.381 e. The predicted molar refractivity (Wildman–Crippen MR) is 91.6 cm³/mol. The van der Waals surface area contributed by atoms with Crippen LogP contribution in [0.3, 0.4) is 0 Å². The molecule has 3 saturated heterocycles. The molecule has 24 heavy (non-hydrogen) atoms. The fraction of sp³-hybridized carbons (Fsp3) is 0.889. The van der Waals surface area contributed by atoms with Crippen LogP contribution in [-0.2, 0) is 14.3 Å². The van der Waals surface area contributed by atoms with Crippen molar-refractivity contribution in [2.45, 2.75) is 45.1 Å². The van der Waals surface area contributed by atoms with Crippen LogP contribution in [0.15, 0.2) is 0 Å². The molecule has 0 spiro atoms. The SMILES string of the molecule is CC1CCCCN1C(=O)CN1CCN(C(=O)C2CCOCC2)CC1. The largest absolute Gasteiger partial charge is 0.381 e. The van der Waals surface area contributed by atoms with Gasteiger partial charge in [0, 0.05) is 57.9 Å². The molecule has 0 aromatic carbocycles. The van der Waals surface area contributed by atoms with E-state index in [-0.39, 0.29) is 17.7 Å². The lowest BCUT2D eigenvalue weighted by Gasteiger charge is -2.39. The van der Waals surface area contributed by atoms with E-state index in [9.17, 15) is 9.59 Å². The van der Waals surface area contributed by atoms with Crippen LogP contribution in [0.2, 0.25) is 0 Å². The number of nitrogens with zero attached hydrogens (tertiary/aromatic N) is 3. The second-order valence-corrected chi connectivity index (χ2v) is 7.42. The summed E-state index contributed by atoms with van der Waals surface area (Å²) in [6.45, 7) is 8.09. The maximum atomic E-state index is 12.5. The fourth-order valence-corrected chi connectivity index (χ4v) is 4.08. The fourth-order valence-electron chi connectivity index (χ4n) is 4.08. The van der Waals surface area contributed by atoms with E-state index in [1.54, 1.807) is 0 Å². The molecule has 1 atom stereocenters. The highest BCUT2D eigenvalue weighted by Crippen LogP contribution is 2.19. The molecule has 2 amide bonds. The van der Waals surface area contributed by atoms with Gasteiger partial charge < -0.3 is 14.5 Å². The summed E-state index contributed by atoms with van der Waals surface area (Å²) in [6, 6.07) is 0.377. The van der Waals surface area contributed by atoms with Gasteiger partial charge in [-0.05, 0) is 39.0 Å². The van der Waals surface area contributed by atoms with Crippen molar-refractivity contribution < 1.29 is 14.3 Å². The Balaban J connectivity index is 1.43. The first kappa shape index (κ1) is 17.7. The average Bonchev–Trinajstić information content (AvgIpc) is 2.63. The number of amides is 2. The topological polar surface area (TPSA) is 53.1 Å². The highest BCUT2D eigenvalue weighted by atomic mass is 16.5. The van der Waals surface area contributed by atoms with Crippen LogP contribution in [0.4, 0.5) is 0 Å². The molecule has 0 aromatic rings. The predicted octanol–water partition coefficient (Wildman–Crippen LogP) is 0.958. The Morgan fingerprint density at radius 3 is 2.33 bits per heavy atom. The third kappa shape index (κ3) is 4.28. The molecule has 6 heteroatoms. The van der Waals surface area contributed by atoms with Gasteiger partial charge in [0.15, 0.2) is 0 Å². The summed E-state index contributed by atoms with van der Waals surface area (Å²) in [4.78, 5) is 31.3. The summed E-state index contributed by atoms with van der Waals surface area (Å²) < 4.78 is 5.34. The van der Waals surface area contributed by atoms with Gasteiger partial charge in [-0.25, -0.2) is 0 Å². The summed E-state index contributed by atoms with van der Waals surface area (Å²) in [5, 5.41) is 0. The molecule has 0 N–H and O–H groups in total. The Morgan fingerprint density at radius 1 is 0.958 bits per heavy atom. The molecule has 136 valence electrons. The number of likely N-dealkylation sites (tertiary alicyclic amines) is 1. The van der Waals surface area contributed by atoms with E-state index in [1.807, 2.05) is 9.80 Å². The first-order chi connectivity index (χ1) is 11.6. The van der Waals surface area contributed by atoms with Crippen LogP contribution in [0, 0.1) is 5.92 Å². The van der Waals surface area contributed by atoms with Gasteiger partial charge in [0.2, 0.25) is 11.8 Å². The maximum absolute atomic E-state index is 12.5. The zero-order valence-corrected chi connectivity index (χ0v) is 14.9. The highest BCUT2D eigenvalue weighted by Gasteiger charge is 2.30. The Hall–Kier alpha value is -1.14. The average molecular weight is 337 g/mol. The van der Waals surface area contributed by atoms with Crippen molar-refractivity contribution in [1.82, 2.24) is 14.7 Å². The molecular weight excluding hydrogens is 306 g/mol. The lowest BCUT2D eigenvalue weighted by Crippen LogP contribution is -2.54. The molecule has 1 unspecified atom stereocenters. The maximum Gasteiger partial charge on any atom is 0.236 e. The second-order valence-electron chi connectivity index (χ2n) is 7.42. The molecule has 3 heterocycles. The molecule has 3 aliphatic heterocycles. The molecule has 0 aromatic heterocycles. The molecule has 3 aliphatic rings. The van der Waals surface area contributed by atoms with E-state index in [0.717, 1.165) is 58.4 Å². The number of hydrogen-bond donors (Lipinski definition) is 0. The van der Waals surface area contributed by atoms with Gasteiger partial charge in [-0.3, -0.25) is 14.5 Å². The molecule has 3 fully saturated rings. The summed E-state index contributed by atoms with van der Waals surface area (Å²) in [7, 11) is 0. The van der Waals surface area contributed by atoms with E-state index in [1.165, 1.54) is 6.42 Å². The third-order valence-corrected chi connectivity index (χ3v) is 5.74. The van der Waals surface area contributed by atoms with Crippen LogP contribution >= 0.6 is 0 Å². The number of rotatable bonds is 3. The number of hydrogen-bond acceptors (Lipinski definition) is 4. The minimum absolute atomic E-state index is 0.140. The minimum atomic E-state index is 0.140. The Labute approximate surface area is 145 Å². The number of ether oxygens (including phenoxy) is 1. The van der Waals surface area contributed by atoms with Crippen molar-refractivity contribution in [3.63, 3.8) is 0 Å². The number of carbonyl (C=O) groups is 2. The summed E-state index contributed by atoms with van der Waals surface area (Å²) in [5.74, 6) is 0.682. The van der Waals surface area contributed by atoms with Crippen molar-refractivity contribution in [3.05, 3.63) is 0 Å². The third-order valence-electron chi connectivity index (χ3n) is 5.74. The van der Waals surface area contributed by atoms with Gasteiger partial charge in [-0.15, -0.1) is 0 Å². The standard InChI is InChI=1S/C18H31N3O3/c1-15-4-2-3-7-21(15)17(22)14-19-8-10-20(11-9-19)18(23)16-5-12-24-13-6-16/h15-16H,2-14H2,1H3. The Bertz CT molecular complexity index is 443. The highest BCUT2D eigenvalue weighted by molar-refractivity contribution is 5.80. The molecule has 6 nitrogen and oxygen atoms in total. The lowest BCUT2D eigenvalue weighted by molar-refractivity contribution is -0.141. The molecular formula is C18H31N3O3. The van der Waals surface area contributed by atoms with E-state index < -0.39 is 0 Å². The Kier molecular flexibility index (Phi) is 6.11. The van der Waals surface area contributed by atoms with E-state index >= 15 is 0 Å². The van der Waals surface area contributed by atoms with Crippen LogP contribution in [0.1, 0.15) is 39.0 Å². The smallest absolute Gasteiger partial charge is 0.236 e. The summed E-state index contributed by atoms with van der Waals surface area (Å²) >= 11 is 0. The van der Waals surface area contributed by atoms with Gasteiger partial charge >= 0.3 is 0 Å². The summed E-state index contributed by atoms with van der Waals surface area (Å²) in [5.41, 5.74) is 0. The molecule has 0 aliphatic carbocycles. The second kappa shape index (κ2) is 8.30. The monoisotopic (exact) mass is 337 g/mol. The molecule has 3 rings (SSSR count). The van der Waals surface area contributed by atoms with Crippen LogP contribution in [0.5, 0.6) is 0 Å². The normalized spacial score (nSPS) is 27.3. The van der Waals surface area contributed by atoms with Crippen molar-refractivity contribution in [2.75, 3.05) is 52.5 Å². The molecule has 0 radical (unpaired) electrons. The molecule has 0 bridgehead atoms. The van der Waals surface area contributed by atoms with Crippen molar-refractivity contribution >= 4 is 11.8 Å². The summed E-state index contributed by atoms with van der Waals surface area (Å²) in [6.07, 6.45) is 5.19. The zero-order valence-electron chi connectivity index (χ0n) is 14.9. The van der Waals surface area contributed by atoms with Gasteiger partial charge in [-0.1, -0.05) is 0 Å². The van der Waals surface area contributed by atoms with Crippen LogP contribution < -0.4 is 0 Å². The van der Waals surface area contributed by atoms with Crippen molar-refractivity contribution in [2.24, 2.45) is 5.92 Å². The van der Waals surface area contributed by atoms with Crippen LogP contribution in [0.25, 0.3) is 0 Å². The van der Waals surface area contributed by atoms with Gasteiger partial charge in [0.05, 0.1) is 6.54 Å². The van der Waals surface area contributed by atoms with E-state index in [0.29, 0.717) is 25.8 Å². The van der Waals surface area contributed by atoms with Gasteiger partial charge in [0.1, 0.15) is 0 Å². The first-order valence-corrected chi connectivity index (χ1v) is 9.53. The van der Waals surface area contributed by atoms with Crippen LogP contribution in [-0.4, -0.2) is 85.0 Å². The van der Waals surface area contributed by atoms with E-state index in [4.69, 9.17) is 4.74 Å². The first-order valence-electron chi connectivity index (χ1n) is 9.53. The van der Waals surface area contributed by atoms with Crippen molar-refractivity contribution in [1.29, 1.82) is 0 Å². The quantitative estimate of drug-likeness (QED) is 0.770. The lowest BCUT2D eigenvalue weighted by atomic mass is 9.98. The van der Waals surface area contributed by atoms with Gasteiger partial charge in [-0.2, -0.15) is 0 Å². The van der Waals surface area contributed by atoms with Crippen molar-refractivity contribution in [3.8, 4) is 0 Å². The number of piperidine rings is 1.